The average Bonchev–Trinajstić information content (AvgIpc) is 2.02. The third kappa shape index (κ3) is 3.16. The summed E-state index contributed by atoms with van der Waals surface area (Å²) in [5, 5.41) is 10.8. The summed E-state index contributed by atoms with van der Waals surface area (Å²) in [4.78, 5) is 10.3. The van der Waals surface area contributed by atoms with Crippen molar-refractivity contribution in [3.63, 3.8) is 0 Å². The first-order valence-corrected chi connectivity index (χ1v) is 4.62. The lowest BCUT2D eigenvalue weighted by atomic mass is 9.95. The summed E-state index contributed by atoms with van der Waals surface area (Å²) < 4.78 is 10.8. The fourth-order valence-corrected chi connectivity index (χ4v) is 1.26. The van der Waals surface area contributed by atoms with Gasteiger partial charge in [0.2, 0.25) is 0 Å². The van der Waals surface area contributed by atoms with Crippen molar-refractivity contribution >= 4 is 6.09 Å². The number of nitrogens with one attached hydrogen (secondary N) is 1. The summed E-state index contributed by atoms with van der Waals surface area (Å²) >= 11 is 0. The minimum absolute atomic E-state index is 0.0752. The van der Waals surface area contributed by atoms with Crippen LogP contribution in [-0.2, 0) is 9.47 Å². The zero-order valence-electron chi connectivity index (χ0n) is 8.74. The van der Waals surface area contributed by atoms with Crippen LogP contribution in [0.15, 0.2) is 0 Å². The highest BCUT2D eigenvalue weighted by atomic mass is 16.7. The molecule has 14 heavy (non-hydrogen) atoms. The zero-order chi connectivity index (χ0) is 10.8. The minimum Gasteiger partial charge on any atom is -0.465 e. The SMILES string of the molecule is CC(C)(C)C1OCC(NC(=O)O)CO1. The maximum Gasteiger partial charge on any atom is 0.405 e. The standard InChI is InChI=1S/C9H17NO4/c1-9(2,3)7-13-4-6(5-14-7)10-8(11)12/h6-7,10H,4-5H2,1-3H3,(H,11,12). The molecule has 1 amide bonds. The second-order valence-corrected chi connectivity index (χ2v) is 4.51. The number of carbonyl (C=O) groups is 1. The number of rotatable bonds is 1. The van der Waals surface area contributed by atoms with Crippen LogP contribution in [0.4, 0.5) is 4.79 Å². The molecular formula is C9H17NO4. The smallest absolute Gasteiger partial charge is 0.405 e. The lowest BCUT2D eigenvalue weighted by Gasteiger charge is -2.36. The van der Waals surface area contributed by atoms with Gasteiger partial charge in [-0.1, -0.05) is 20.8 Å². The number of ether oxygens (including phenoxy) is 2. The Morgan fingerprint density at radius 3 is 2.21 bits per heavy atom. The van der Waals surface area contributed by atoms with E-state index in [-0.39, 0.29) is 17.7 Å². The first-order chi connectivity index (χ1) is 6.39. The van der Waals surface area contributed by atoms with Gasteiger partial charge in [0.15, 0.2) is 6.29 Å². The van der Waals surface area contributed by atoms with Crippen molar-refractivity contribution < 1.29 is 19.4 Å². The van der Waals surface area contributed by atoms with Crippen molar-refractivity contribution in [1.82, 2.24) is 5.32 Å². The highest BCUT2D eigenvalue weighted by Crippen LogP contribution is 2.25. The molecule has 1 aliphatic heterocycles. The van der Waals surface area contributed by atoms with Crippen molar-refractivity contribution in [3.05, 3.63) is 0 Å². The first kappa shape index (κ1) is 11.3. The summed E-state index contributed by atoms with van der Waals surface area (Å²) in [6, 6.07) is -0.258. The van der Waals surface area contributed by atoms with Crippen molar-refractivity contribution in [3.8, 4) is 0 Å². The Morgan fingerprint density at radius 2 is 1.86 bits per heavy atom. The van der Waals surface area contributed by atoms with E-state index in [1.165, 1.54) is 0 Å². The molecule has 0 bridgehead atoms. The Balaban J connectivity index is 2.35. The van der Waals surface area contributed by atoms with E-state index in [2.05, 4.69) is 5.32 Å². The number of amides is 1. The molecule has 82 valence electrons. The van der Waals surface area contributed by atoms with E-state index in [1.54, 1.807) is 0 Å². The van der Waals surface area contributed by atoms with Crippen molar-refractivity contribution in [2.45, 2.75) is 33.1 Å². The molecular weight excluding hydrogens is 186 g/mol. The third-order valence-electron chi connectivity index (χ3n) is 1.93. The van der Waals surface area contributed by atoms with Crippen LogP contribution >= 0.6 is 0 Å². The monoisotopic (exact) mass is 203 g/mol. The van der Waals surface area contributed by atoms with Gasteiger partial charge < -0.3 is 19.9 Å². The number of carboxylic acid groups (broad SMARTS) is 1. The van der Waals surface area contributed by atoms with Gasteiger partial charge in [0.05, 0.1) is 19.3 Å². The normalized spacial score (nSPS) is 28.5. The van der Waals surface area contributed by atoms with Gasteiger partial charge in [0.25, 0.3) is 0 Å². The number of hydrogen-bond acceptors (Lipinski definition) is 3. The van der Waals surface area contributed by atoms with Crippen molar-refractivity contribution in [2.24, 2.45) is 5.41 Å². The molecule has 1 fully saturated rings. The molecule has 1 heterocycles. The Hall–Kier alpha value is -0.810. The molecule has 1 saturated heterocycles. The lowest BCUT2D eigenvalue weighted by Crippen LogP contribution is -2.49. The topological polar surface area (TPSA) is 67.8 Å². The molecule has 1 rings (SSSR count). The summed E-state index contributed by atoms with van der Waals surface area (Å²) in [5.41, 5.74) is -0.0752. The van der Waals surface area contributed by atoms with E-state index in [0.29, 0.717) is 13.2 Å². The molecule has 0 aromatic heterocycles. The Kier molecular flexibility index (Phi) is 3.34. The first-order valence-electron chi connectivity index (χ1n) is 4.62. The Labute approximate surface area is 83.4 Å². The van der Waals surface area contributed by atoms with Gasteiger partial charge in [-0.15, -0.1) is 0 Å². The second kappa shape index (κ2) is 4.14. The van der Waals surface area contributed by atoms with E-state index in [1.807, 2.05) is 20.8 Å². The van der Waals surface area contributed by atoms with Crippen LogP contribution in [0.1, 0.15) is 20.8 Å². The summed E-state index contributed by atoms with van der Waals surface area (Å²) in [6.45, 7) is 6.79. The average molecular weight is 203 g/mol. The Morgan fingerprint density at radius 1 is 1.36 bits per heavy atom. The van der Waals surface area contributed by atoms with Crippen molar-refractivity contribution in [1.29, 1.82) is 0 Å². The quantitative estimate of drug-likeness (QED) is 0.668. The summed E-state index contributed by atoms with van der Waals surface area (Å²) in [5.74, 6) is 0. The molecule has 0 aliphatic carbocycles. The maximum absolute atomic E-state index is 10.3. The molecule has 5 heteroatoms. The predicted octanol–water partition coefficient (Wildman–Crippen LogP) is 1.04. The van der Waals surface area contributed by atoms with Gasteiger partial charge in [0, 0.05) is 5.41 Å². The molecule has 0 radical (unpaired) electrons. The van der Waals surface area contributed by atoms with Crippen LogP contribution in [0.25, 0.3) is 0 Å². The van der Waals surface area contributed by atoms with E-state index >= 15 is 0 Å². The molecule has 0 unspecified atom stereocenters. The third-order valence-corrected chi connectivity index (χ3v) is 1.93. The second-order valence-electron chi connectivity index (χ2n) is 4.51. The molecule has 0 spiro atoms. The van der Waals surface area contributed by atoms with E-state index in [9.17, 15) is 4.79 Å². The summed E-state index contributed by atoms with van der Waals surface area (Å²) in [7, 11) is 0. The van der Waals surface area contributed by atoms with Gasteiger partial charge >= 0.3 is 6.09 Å². The highest BCUT2D eigenvalue weighted by molar-refractivity contribution is 5.64. The van der Waals surface area contributed by atoms with E-state index in [4.69, 9.17) is 14.6 Å². The highest BCUT2D eigenvalue weighted by Gasteiger charge is 2.32. The molecule has 5 nitrogen and oxygen atoms in total. The van der Waals surface area contributed by atoms with Crippen LogP contribution in [0.5, 0.6) is 0 Å². The predicted molar refractivity (Wildman–Crippen MR) is 50.1 cm³/mol. The zero-order valence-corrected chi connectivity index (χ0v) is 8.74. The fourth-order valence-electron chi connectivity index (χ4n) is 1.26. The van der Waals surface area contributed by atoms with Gasteiger partial charge in [-0.3, -0.25) is 0 Å². The van der Waals surface area contributed by atoms with Crippen LogP contribution < -0.4 is 5.32 Å². The largest absolute Gasteiger partial charge is 0.465 e. The molecule has 0 aromatic carbocycles. The lowest BCUT2D eigenvalue weighted by molar-refractivity contribution is -0.232. The van der Waals surface area contributed by atoms with Gasteiger partial charge in [-0.05, 0) is 0 Å². The van der Waals surface area contributed by atoms with Crippen LogP contribution in [-0.4, -0.2) is 36.7 Å². The van der Waals surface area contributed by atoms with Crippen LogP contribution in [0.2, 0.25) is 0 Å². The maximum atomic E-state index is 10.3. The van der Waals surface area contributed by atoms with Crippen LogP contribution in [0, 0.1) is 5.41 Å². The Bertz CT molecular complexity index is 203. The minimum atomic E-state index is -1.04. The molecule has 1 aliphatic rings. The fraction of sp³-hybridized carbons (Fsp3) is 0.889. The summed E-state index contributed by atoms with van der Waals surface area (Å²) in [6.07, 6.45) is -1.30. The van der Waals surface area contributed by atoms with Crippen LogP contribution in [0.3, 0.4) is 0 Å². The van der Waals surface area contributed by atoms with Gasteiger partial charge in [0.1, 0.15) is 0 Å². The molecule has 0 saturated carbocycles. The molecule has 0 atom stereocenters. The number of hydrogen-bond donors (Lipinski definition) is 2. The molecule has 0 aromatic rings. The van der Waals surface area contributed by atoms with Gasteiger partial charge in [-0.2, -0.15) is 0 Å². The van der Waals surface area contributed by atoms with Gasteiger partial charge in [-0.25, -0.2) is 4.79 Å². The van der Waals surface area contributed by atoms with Crippen molar-refractivity contribution in [2.75, 3.05) is 13.2 Å². The van der Waals surface area contributed by atoms with E-state index < -0.39 is 6.09 Å². The molecule has 2 N–H and O–H groups in total. The van der Waals surface area contributed by atoms with E-state index in [0.717, 1.165) is 0 Å².